The summed E-state index contributed by atoms with van der Waals surface area (Å²) in [6.45, 7) is 3.03. The van der Waals surface area contributed by atoms with Gasteiger partial charge in [-0.05, 0) is 79.1 Å². The zero-order valence-corrected chi connectivity index (χ0v) is 52.9. The highest BCUT2D eigenvalue weighted by atomic mass is 32.2. The van der Waals surface area contributed by atoms with E-state index in [4.69, 9.17) is 9.47 Å². The van der Waals surface area contributed by atoms with Gasteiger partial charge in [-0.1, -0.05) is 157 Å². The molecule has 1 aromatic heterocycles. The fourth-order valence-electron chi connectivity index (χ4n) is 10.3. The maximum atomic E-state index is 15.3. The van der Waals surface area contributed by atoms with Crippen LogP contribution in [0.5, 0.6) is 0 Å². The molecule has 0 radical (unpaired) electrons. The lowest BCUT2D eigenvalue weighted by Crippen LogP contribution is -2.61. The molecule has 23 nitrogen and oxygen atoms in total. The Bertz CT molecular complexity index is 3810. The van der Waals surface area contributed by atoms with Crippen molar-refractivity contribution in [3.05, 3.63) is 209 Å². The monoisotopic (exact) mass is 1310 g/mol. The average molecular weight is 1310 g/mol. The van der Waals surface area contributed by atoms with Crippen LogP contribution in [0.15, 0.2) is 181 Å². The van der Waals surface area contributed by atoms with Crippen LogP contribution in [0, 0.1) is 6.92 Å². The molecule has 6 aromatic carbocycles. The van der Waals surface area contributed by atoms with Crippen LogP contribution in [0.1, 0.15) is 59.6 Å². The largest absolute Gasteiger partial charge is 0.480 e. The summed E-state index contributed by atoms with van der Waals surface area (Å²) in [7, 11) is -3.96. The molecule has 1 fully saturated rings. The summed E-state index contributed by atoms with van der Waals surface area (Å²) in [5.41, 5.74) is 4.28. The number of para-hydroxylation sites is 1. The van der Waals surface area contributed by atoms with Crippen molar-refractivity contribution in [2.45, 2.75) is 119 Å². The quantitative estimate of drug-likeness (QED) is 0.0290. The minimum atomic E-state index is -3.96. The lowest BCUT2D eigenvalue weighted by Gasteiger charge is -2.29. The van der Waals surface area contributed by atoms with Crippen molar-refractivity contribution in [1.82, 2.24) is 46.5 Å². The number of nitrogens with one attached hydrogen (secondary N) is 8. The number of aliphatic carboxylic acids is 1. The van der Waals surface area contributed by atoms with E-state index in [9.17, 15) is 37.5 Å². The van der Waals surface area contributed by atoms with E-state index < -0.39 is 112 Å². The first-order valence-electron chi connectivity index (χ1n) is 30.3. The number of thioether (sulfide) groups is 1. The number of rotatable bonds is 24. The van der Waals surface area contributed by atoms with Crippen molar-refractivity contribution in [2.24, 2.45) is 0 Å². The number of aryl methyl sites for hydroxylation is 1. The summed E-state index contributed by atoms with van der Waals surface area (Å²) in [5.74, 6) is -7.92. The Morgan fingerprint density at radius 2 is 1.20 bits per heavy atom. The van der Waals surface area contributed by atoms with Gasteiger partial charge in [0.25, 0.3) is 0 Å². The number of carbonyl (C=O) groups is 9. The topological polar surface area (TPSA) is 328 Å². The Morgan fingerprint density at radius 1 is 0.645 bits per heavy atom. The van der Waals surface area contributed by atoms with Crippen LogP contribution < -0.4 is 41.9 Å². The van der Waals surface area contributed by atoms with Gasteiger partial charge in [0.05, 0.1) is 23.1 Å². The van der Waals surface area contributed by atoms with Gasteiger partial charge in [0, 0.05) is 48.9 Å². The van der Waals surface area contributed by atoms with Crippen molar-refractivity contribution in [2.75, 3.05) is 18.1 Å². The molecule has 1 aliphatic rings. The number of carboxylic acids is 1. The molecule has 1 saturated heterocycles. The van der Waals surface area contributed by atoms with Crippen molar-refractivity contribution in [3.8, 4) is 0 Å². The van der Waals surface area contributed by atoms with E-state index in [0.717, 1.165) is 17.3 Å². The summed E-state index contributed by atoms with van der Waals surface area (Å²) < 4.78 is 42.1. The van der Waals surface area contributed by atoms with E-state index >= 15 is 19.2 Å². The molecule has 8 rings (SSSR count). The van der Waals surface area contributed by atoms with Crippen molar-refractivity contribution < 1.29 is 66.1 Å². The summed E-state index contributed by atoms with van der Waals surface area (Å²) >= 11 is 0.845. The summed E-state index contributed by atoms with van der Waals surface area (Å²) in [5, 5.41) is 30.1. The molecule has 7 aromatic rings. The van der Waals surface area contributed by atoms with Crippen LogP contribution in [-0.2, 0) is 90.3 Å². The van der Waals surface area contributed by atoms with Crippen molar-refractivity contribution >= 4 is 86.6 Å². The van der Waals surface area contributed by atoms with E-state index in [-0.39, 0.29) is 68.9 Å². The number of hydrogen-bond acceptors (Lipinski definition) is 14. The van der Waals surface area contributed by atoms with E-state index in [0.29, 0.717) is 45.1 Å². The second-order valence-corrected chi connectivity index (χ2v) is 25.2. The number of hydrogen-bond donors (Lipinski definition) is 9. The molecule has 0 saturated carbocycles. The number of nitrogens with zero attached hydrogens (tertiary/aromatic N) is 1. The Kier molecular flexibility index (Phi) is 25.4. The molecule has 1 aliphatic heterocycles. The molecule has 9 N–H and O–H groups in total. The zero-order valence-electron chi connectivity index (χ0n) is 51.2. The Hall–Kier alpha value is -9.69. The van der Waals surface area contributed by atoms with Gasteiger partial charge in [-0.25, -0.2) is 22.7 Å². The van der Waals surface area contributed by atoms with Crippen LogP contribution >= 0.6 is 11.8 Å². The number of unbranched alkanes of at least 4 members (excludes halogenated alkanes) is 1. The van der Waals surface area contributed by atoms with E-state index in [1.54, 1.807) is 158 Å². The molecule has 93 heavy (non-hydrogen) atoms. The first-order valence-corrected chi connectivity index (χ1v) is 32.9. The number of alkyl carbamates (subject to hydrolysis) is 1. The number of amides is 7. The first-order chi connectivity index (χ1) is 44.8. The van der Waals surface area contributed by atoms with Gasteiger partial charge in [-0.2, -0.15) is 11.8 Å². The molecule has 488 valence electrons. The molecule has 0 bridgehead atoms. The van der Waals surface area contributed by atoms with Gasteiger partial charge < -0.3 is 51.8 Å². The van der Waals surface area contributed by atoms with Crippen LogP contribution in [0.4, 0.5) is 4.79 Å². The van der Waals surface area contributed by atoms with Gasteiger partial charge in [0.1, 0.15) is 48.9 Å². The molecular weight excluding hydrogens is 1230 g/mol. The van der Waals surface area contributed by atoms with Gasteiger partial charge in [-0.15, -0.1) is 0 Å². The van der Waals surface area contributed by atoms with E-state index in [1.165, 1.54) is 29.8 Å². The minimum Gasteiger partial charge on any atom is -0.480 e. The fourth-order valence-corrected chi connectivity index (χ4v) is 12.4. The number of ether oxygens (including phenoxy) is 2. The molecule has 25 heteroatoms. The van der Waals surface area contributed by atoms with Crippen molar-refractivity contribution in [3.63, 3.8) is 0 Å². The maximum Gasteiger partial charge on any atom is 0.408 e. The number of benzene rings is 6. The average Bonchev–Trinajstić information content (AvgIpc) is 1.72. The molecule has 0 unspecified atom stereocenters. The van der Waals surface area contributed by atoms with E-state index in [2.05, 4.69) is 41.9 Å². The second-order valence-electron chi connectivity index (χ2n) is 22.4. The van der Waals surface area contributed by atoms with Crippen LogP contribution in [-0.4, -0.2) is 138 Å². The Morgan fingerprint density at radius 3 is 1.84 bits per heavy atom. The number of fused-ring (bicyclic) bond motifs is 1. The fraction of sp³-hybridized carbons (Fsp3) is 0.309. The molecule has 8 atom stereocenters. The summed E-state index contributed by atoms with van der Waals surface area (Å²) in [6.07, 6.45) is -0.578. The molecule has 7 amide bonds. The smallest absolute Gasteiger partial charge is 0.408 e. The van der Waals surface area contributed by atoms with Gasteiger partial charge in [0.15, 0.2) is 0 Å². The highest BCUT2D eigenvalue weighted by Gasteiger charge is 2.37. The molecular formula is C68H75N9O14S2. The number of aromatic nitrogens is 1. The second kappa shape index (κ2) is 34.1. The molecule has 2 heterocycles. The summed E-state index contributed by atoms with van der Waals surface area (Å²) in [6, 6.07) is 37.1. The maximum absolute atomic E-state index is 15.3. The summed E-state index contributed by atoms with van der Waals surface area (Å²) in [4.78, 5) is 129. The number of carbonyl (C=O) groups excluding carboxylic acids is 8. The lowest BCUT2D eigenvalue weighted by molar-refractivity contribution is -0.143. The van der Waals surface area contributed by atoms with Crippen LogP contribution in [0.25, 0.3) is 10.9 Å². The predicted molar refractivity (Wildman–Crippen MR) is 349 cm³/mol. The highest BCUT2D eigenvalue weighted by molar-refractivity contribution is 7.99. The van der Waals surface area contributed by atoms with Crippen LogP contribution in [0.3, 0.4) is 0 Å². The normalized spacial score (nSPS) is 19.3. The first kappa shape index (κ1) is 69.2. The standard InChI is InChI=1S/C68H75N9O14S2/c1-44-30-32-51(33-31-44)93(88,89)69-34-18-17-28-53-61(79)76-60(45(2)90-39-48-23-11-5-12-24-48)66(84)74-58(67(85)86)42-92-41-57(73-63(81)55(36-47-21-9-4-10-22-47)75-68(87)91-40-49-25-13-6-14-26-49)65(83)71-54(35-46-19-7-3-8-20-46)62(80)72-56(64(82)70-53)37-50-38-77(43-78)59-29-16-15-27-52(50)59/h3-16,19-27,29-33,38,43,45,53-58,60,69H,17-18,28,34-37,39-42H2,1-2H3,(H,70,82)(H,71,83)(H,72,80)(H,73,81)(H,74,84)(H,75,87)(H,76,79)(H,85,86)/t45-,53+,54+,55-,56-,57+,58+,60+/m1/s1. The predicted octanol–water partition coefficient (Wildman–Crippen LogP) is 4.81. The third-order valence-electron chi connectivity index (χ3n) is 15.4. The minimum absolute atomic E-state index is 0.0356. The Labute approximate surface area is 543 Å². The van der Waals surface area contributed by atoms with Crippen molar-refractivity contribution in [1.29, 1.82) is 0 Å². The lowest BCUT2D eigenvalue weighted by atomic mass is 10.0. The molecule has 0 spiro atoms. The SMILES string of the molecule is Cc1ccc(S(=O)(=O)NCCCC[C@@H]2NC(=O)[C@@H](Cc3cn(C=O)c4ccccc34)NC(=O)[C@H](Cc3ccccc3)NC(=O)[C@@H](NC(=O)[C@@H](Cc3ccccc3)NC(=O)OCc3ccccc3)CSC[C@@H](C(=O)O)NC(=O)[C@H]([C@@H](C)OCc3ccccc3)NC2=O)cc1. The highest BCUT2D eigenvalue weighted by Crippen LogP contribution is 2.23. The zero-order chi connectivity index (χ0) is 66.3. The third kappa shape index (κ3) is 20.7. The number of carboxylic acid groups (broad SMARTS) is 1. The Balaban J connectivity index is 1.16. The van der Waals surface area contributed by atoms with Gasteiger partial charge >= 0.3 is 12.1 Å². The molecule has 0 aliphatic carbocycles. The van der Waals surface area contributed by atoms with Gasteiger partial charge in [-0.3, -0.25) is 38.1 Å². The van der Waals surface area contributed by atoms with Gasteiger partial charge in [0.2, 0.25) is 51.9 Å². The number of sulfonamides is 1. The van der Waals surface area contributed by atoms with Crippen LogP contribution in [0.2, 0.25) is 0 Å². The van der Waals surface area contributed by atoms with E-state index in [1.807, 2.05) is 6.92 Å². The third-order valence-corrected chi connectivity index (χ3v) is 18.0.